The number of hydrogen-bond donors (Lipinski definition) is 1. The van der Waals surface area contributed by atoms with Crippen LogP contribution in [0.25, 0.3) is 0 Å². The van der Waals surface area contributed by atoms with E-state index in [1.165, 1.54) is 14.1 Å². The number of aromatic nitrogens is 2. The Balaban J connectivity index is 3.16. The monoisotopic (exact) mass is 219 g/mol. The van der Waals surface area contributed by atoms with Gasteiger partial charge in [-0.3, -0.25) is 0 Å². The minimum Gasteiger partial charge on any atom is -0.476 e. The van der Waals surface area contributed by atoms with Crippen molar-refractivity contribution in [2.75, 3.05) is 14.1 Å². The summed E-state index contributed by atoms with van der Waals surface area (Å²) in [6.07, 6.45) is 1.08. The van der Waals surface area contributed by atoms with E-state index in [1.807, 2.05) is 0 Å². The first-order valence-corrected chi connectivity index (χ1v) is 4.97. The molecule has 0 spiro atoms. The molecule has 1 aromatic heterocycles. The zero-order valence-corrected chi connectivity index (χ0v) is 8.39. The van der Waals surface area contributed by atoms with Crippen LogP contribution in [0.1, 0.15) is 10.5 Å². The van der Waals surface area contributed by atoms with Crippen LogP contribution in [0.4, 0.5) is 0 Å². The van der Waals surface area contributed by atoms with Crippen molar-refractivity contribution in [2.45, 2.75) is 0 Å². The minimum absolute atomic E-state index is 0.310. The van der Waals surface area contributed by atoms with Gasteiger partial charge < -0.3 is 5.11 Å². The molecule has 14 heavy (non-hydrogen) atoms. The molecule has 78 valence electrons. The van der Waals surface area contributed by atoms with E-state index in [0.29, 0.717) is 4.09 Å². The second kappa shape index (κ2) is 3.39. The number of nitrogens with zero attached hydrogens (tertiary/aromatic N) is 3. The van der Waals surface area contributed by atoms with Gasteiger partial charge in [-0.05, 0) is 6.07 Å². The molecular weight excluding hydrogens is 210 g/mol. The SMILES string of the molecule is CN(C)S(=O)(=O)n1ccc(C(=O)O)n1. The highest BCUT2D eigenvalue weighted by molar-refractivity contribution is 7.87. The maximum Gasteiger partial charge on any atom is 0.356 e. The fraction of sp³-hybridized carbons (Fsp3) is 0.333. The van der Waals surface area contributed by atoms with Crippen LogP contribution in [0.2, 0.25) is 0 Å². The first-order chi connectivity index (χ1) is 6.35. The van der Waals surface area contributed by atoms with Crippen LogP contribution in [0.3, 0.4) is 0 Å². The Morgan fingerprint density at radius 3 is 2.50 bits per heavy atom. The Bertz CT molecular complexity index is 447. The fourth-order valence-electron chi connectivity index (χ4n) is 0.717. The quantitative estimate of drug-likeness (QED) is 0.721. The fourth-order valence-corrected chi connectivity index (χ4v) is 1.46. The Morgan fingerprint density at radius 2 is 2.14 bits per heavy atom. The molecule has 7 nitrogen and oxygen atoms in total. The van der Waals surface area contributed by atoms with E-state index in [4.69, 9.17) is 5.11 Å². The number of carbonyl (C=O) groups is 1. The number of aromatic carboxylic acids is 1. The molecule has 0 aliphatic carbocycles. The minimum atomic E-state index is -3.71. The second-order valence-electron chi connectivity index (χ2n) is 2.67. The Morgan fingerprint density at radius 1 is 1.57 bits per heavy atom. The zero-order chi connectivity index (χ0) is 10.9. The average molecular weight is 219 g/mol. The summed E-state index contributed by atoms with van der Waals surface area (Å²) in [5, 5.41) is 11.9. The number of carboxylic acids is 1. The van der Waals surface area contributed by atoms with Gasteiger partial charge in [0.1, 0.15) is 0 Å². The summed E-state index contributed by atoms with van der Waals surface area (Å²) < 4.78 is 24.3. The van der Waals surface area contributed by atoms with Gasteiger partial charge in [0.15, 0.2) is 5.69 Å². The van der Waals surface area contributed by atoms with E-state index >= 15 is 0 Å². The van der Waals surface area contributed by atoms with Crippen LogP contribution in [0, 0.1) is 0 Å². The first-order valence-electron chi connectivity index (χ1n) is 3.57. The molecule has 0 amide bonds. The average Bonchev–Trinajstić information content (AvgIpc) is 2.51. The Hall–Kier alpha value is -1.41. The molecule has 0 radical (unpaired) electrons. The van der Waals surface area contributed by atoms with Crippen molar-refractivity contribution in [2.24, 2.45) is 0 Å². The van der Waals surface area contributed by atoms with Crippen LogP contribution < -0.4 is 0 Å². The zero-order valence-electron chi connectivity index (χ0n) is 7.58. The Labute approximate surface area is 80.7 Å². The Kier molecular flexibility index (Phi) is 2.58. The topological polar surface area (TPSA) is 92.5 Å². The normalized spacial score (nSPS) is 11.9. The predicted molar refractivity (Wildman–Crippen MR) is 47.2 cm³/mol. The van der Waals surface area contributed by atoms with Gasteiger partial charge in [-0.1, -0.05) is 0 Å². The molecule has 0 aliphatic heterocycles. The summed E-state index contributed by atoms with van der Waals surface area (Å²) in [5.41, 5.74) is -0.310. The van der Waals surface area contributed by atoms with Crippen LogP contribution in [-0.2, 0) is 10.2 Å². The number of hydrogen-bond acceptors (Lipinski definition) is 4. The molecule has 1 rings (SSSR count). The van der Waals surface area contributed by atoms with Gasteiger partial charge in [0.25, 0.3) is 0 Å². The lowest BCUT2D eigenvalue weighted by Gasteiger charge is -2.09. The number of carboxylic acid groups (broad SMARTS) is 1. The van der Waals surface area contributed by atoms with E-state index in [9.17, 15) is 13.2 Å². The molecule has 0 unspecified atom stereocenters. The van der Waals surface area contributed by atoms with Gasteiger partial charge in [0.2, 0.25) is 0 Å². The maximum atomic E-state index is 11.4. The summed E-state index contributed by atoms with van der Waals surface area (Å²) in [7, 11) is -1.05. The van der Waals surface area contributed by atoms with Crippen molar-refractivity contribution in [3.05, 3.63) is 18.0 Å². The third-order valence-electron chi connectivity index (χ3n) is 1.48. The van der Waals surface area contributed by atoms with Crippen LogP contribution in [-0.4, -0.2) is 47.1 Å². The lowest BCUT2D eigenvalue weighted by molar-refractivity contribution is 0.0690. The smallest absolute Gasteiger partial charge is 0.356 e. The molecule has 1 N–H and O–H groups in total. The summed E-state index contributed by atoms with van der Waals surface area (Å²) in [6, 6.07) is 1.11. The molecule has 0 atom stereocenters. The molecule has 0 aliphatic rings. The van der Waals surface area contributed by atoms with Gasteiger partial charge >= 0.3 is 16.2 Å². The summed E-state index contributed by atoms with van der Waals surface area (Å²) in [4.78, 5) is 10.4. The van der Waals surface area contributed by atoms with Crippen molar-refractivity contribution in [3.63, 3.8) is 0 Å². The lowest BCUT2D eigenvalue weighted by Crippen LogP contribution is -2.29. The van der Waals surface area contributed by atoms with E-state index in [2.05, 4.69) is 5.10 Å². The summed E-state index contributed by atoms with van der Waals surface area (Å²) in [6.45, 7) is 0. The molecule has 0 saturated carbocycles. The molecule has 0 aromatic carbocycles. The third-order valence-corrected chi connectivity index (χ3v) is 3.08. The van der Waals surface area contributed by atoms with Crippen LogP contribution in [0.15, 0.2) is 12.3 Å². The van der Waals surface area contributed by atoms with Gasteiger partial charge in [-0.2, -0.15) is 16.8 Å². The number of rotatable bonds is 3. The highest BCUT2D eigenvalue weighted by Gasteiger charge is 2.18. The molecule has 0 bridgehead atoms. The summed E-state index contributed by atoms with van der Waals surface area (Å²) >= 11 is 0. The molecular formula is C6H9N3O4S. The molecule has 1 heterocycles. The van der Waals surface area contributed by atoms with Gasteiger partial charge in [0.05, 0.1) is 0 Å². The molecule has 1 aromatic rings. The van der Waals surface area contributed by atoms with Gasteiger partial charge in [-0.15, -0.1) is 5.10 Å². The van der Waals surface area contributed by atoms with Crippen molar-refractivity contribution < 1.29 is 18.3 Å². The van der Waals surface area contributed by atoms with Crippen LogP contribution in [0.5, 0.6) is 0 Å². The van der Waals surface area contributed by atoms with E-state index in [1.54, 1.807) is 0 Å². The van der Waals surface area contributed by atoms with Crippen molar-refractivity contribution in [1.29, 1.82) is 0 Å². The van der Waals surface area contributed by atoms with Crippen molar-refractivity contribution >= 4 is 16.2 Å². The van der Waals surface area contributed by atoms with Crippen molar-refractivity contribution in [1.82, 2.24) is 13.5 Å². The molecule has 0 saturated heterocycles. The van der Waals surface area contributed by atoms with E-state index in [0.717, 1.165) is 16.6 Å². The second-order valence-corrected chi connectivity index (χ2v) is 4.67. The highest BCUT2D eigenvalue weighted by Crippen LogP contribution is 2.02. The largest absolute Gasteiger partial charge is 0.476 e. The van der Waals surface area contributed by atoms with E-state index in [-0.39, 0.29) is 5.69 Å². The van der Waals surface area contributed by atoms with Gasteiger partial charge in [0, 0.05) is 20.3 Å². The lowest BCUT2D eigenvalue weighted by atomic mass is 10.5. The standard InChI is InChI=1S/C6H9N3O4S/c1-8(2)14(12,13)9-4-3-5(7-9)6(10)11/h3-4H,1-2H3,(H,10,11). The van der Waals surface area contributed by atoms with Crippen molar-refractivity contribution in [3.8, 4) is 0 Å². The summed E-state index contributed by atoms with van der Waals surface area (Å²) in [5.74, 6) is -1.27. The van der Waals surface area contributed by atoms with Crippen LogP contribution >= 0.6 is 0 Å². The highest BCUT2D eigenvalue weighted by atomic mass is 32.2. The molecule has 8 heteroatoms. The maximum absolute atomic E-state index is 11.4. The van der Waals surface area contributed by atoms with Gasteiger partial charge in [-0.25, -0.2) is 4.79 Å². The predicted octanol–water partition coefficient (Wildman–Crippen LogP) is -0.764. The molecule has 0 fully saturated rings. The third kappa shape index (κ3) is 1.75. The first kappa shape index (κ1) is 10.7. The van der Waals surface area contributed by atoms with E-state index < -0.39 is 16.2 Å².